The fraction of sp³-hybridized carbons (Fsp3) is 1.00. The minimum absolute atomic E-state index is 0.144. The quantitative estimate of drug-likeness (QED) is 0.576. The van der Waals surface area contributed by atoms with Gasteiger partial charge < -0.3 is 4.74 Å². The van der Waals surface area contributed by atoms with Gasteiger partial charge in [0.05, 0.1) is 11.5 Å². The van der Waals surface area contributed by atoms with Crippen molar-refractivity contribution in [1.29, 1.82) is 0 Å². The lowest BCUT2D eigenvalue weighted by molar-refractivity contribution is -0.233. The van der Waals surface area contributed by atoms with E-state index in [1.54, 1.807) is 0 Å². The van der Waals surface area contributed by atoms with E-state index in [1.165, 1.54) is 0 Å². The Morgan fingerprint density at radius 3 is 2.38 bits per heavy atom. The molecule has 1 unspecified atom stereocenters. The minimum atomic E-state index is -4.02. The van der Waals surface area contributed by atoms with Gasteiger partial charge in [0.25, 0.3) is 0 Å². The fourth-order valence-electron chi connectivity index (χ4n) is 2.23. The second-order valence-electron chi connectivity index (χ2n) is 4.12. The van der Waals surface area contributed by atoms with Crippen LogP contribution < -0.4 is 0 Å². The first-order valence-corrected chi connectivity index (χ1v) is 4.73. The number of ether oxygens (including phenoxy) is 1. The molecule has 4 heteroatoms. The van der Waals surface area contributed by atoms with Gasteiger partial charge in [-0.2, -0.15) is 13.2 Å². The smallest absolute Gasteiger partial charge is 0.375 e. The summed E-state index contributed by atoms with van der Waals surface area (Å²) in [4.78, 5) is 0. The molecule has 2 rings (SSSR count). The zero-order valence-electron chi connectivity index (χ0n) is 7.36. The van der Waals surface area contributed by atoms with Crippen molar-refractivity contribution in [2.45, 2.75) is 43.9 Å². The van der Waals surface area contributed by atoms with Crippen LogP contribution in [-0.2, 0) is 4.74 Å². The molecule has 0 N–H and O–H groups in total. The zero-order chi connectivity index (χ0) is 9.53. The normalized spacial score (nSPS) is 33.0. The molecule has 1 saturated heterocycles. The molecule has 0 aromatic rings. The predicted octanol–water partition coefficient (Wildman–Crippen LogP) is 2.90. The molecule has 1 aliphatic carbocycles. The Hall–Kier alpha value is -0.250. The van der Waals surface area contributed by atoms with Crippen molar-refractivity contribution >= 4 is 0 Å². The Morgan fingerprint density at radius 2 is 1.92 bits per heavy atom. The van der Waals surface area contributed by atoms with Crippen molar-refractivity contribution in [1.82, 2.24) is 0 Å². The molecule has 2 aliphatic rings. The van der Waals surface area contributed by atoms with Gasteiger partial charge in [0, 0.05) is 6.61 Å². The summed E-state index contributed by atoms with van der Waals surface area (Å²) in [5, 5.41) is 0. The number of hydrogen-bond donors (Lipinski definition) is 0. The van der Waals surface area contributed by atoms with E-state index < -0.39 is 17.7 Å². The number of rotatable bonds is 0. The monoisotopic (exact) mass is 194 g/mol. The first-order valence-electron chi connectivity index (χ1n) is 4.73. The Labute approximate surface area is 75.3 Å². The van der Waals surface area contributed by atoms with Crippen molar-refractivity contribution in [3.63, 3.8) is 0 Å². The van der Waals surface area contributed by atoms with Crippen LogP contribution in [0.1, 0.15) is 32.1 Å². The SMILES string of the molecule is FC(F)(F)C1CCOC2(CCC2)C1. The highest BCUT2D eigenvalue weighted by atomic mass is 19.4. The lowest BCUT2D eigenvalue weighted by Crippen LogP contribution is -2.48. The average molecular weight is 194 g/mol. The van der Waals surface area contributed by atoms with Crippen molar-refractivity contribution in [2.75, 3.05) is 6.61 Å². The van der Waals surface area contributed by atoms with Crippen LogP contribution in [0.2, 0.25) is 0 Å². The fourth-order valence-corrected chi connectivity index (χ4v) is 2.23. The van der Waals surface area contributed by atoms with E-state index in [0.717, 1.165) is 19.3 Å². The molecule has 13 heavy (non-hydrogen) atoms. The maximum absolute atomic E-state index is 12.4. The summed E-state index contributed by atoms with van der Waals surface area (Å²) in [6.07, 6.45) is -1.03. The third kappa shape index (κ3) is 1.68. The van der Waals surface area contributed by atoms with E-state index in [9.17, 15) is 13.2 Å². The summed E-state index contributed by atoms with van der Waals surface area (Å²) in [6.45, 7) is 0.282. The van der Waals surface area contributed by atoms with Gasteiger partial charge in [0.1, 0.15) is 0 Å². The third-order valence-corrected chi connectivity index (χ3v) is 3.22. The Balaban J connectivity index is 2.00. The molecular weight excluding hydrogens is 181 g/mol. The van der Waals surface area contributed by atoms with Gasteiger partial charge in [-0.1, -0.05) is 0 Å². The van der Waals surface area contributed by atoms with Gasteiger partial charge in [0.15, 0.2) is 0 Å². The second-order valence-corrected chi connectivity index (χ2v) is 4.12. The summed E-state index contributed by atoms with van der Waals surface area (Å²) in [6, 6.07) is 0. The van der Waals surface area contributed by atoms with Gasteiger partial charge in [-0.25, -0.2) is 0 Å². The molecule has 0 aromatic heterocycles. The van der Waals surface area contributed by atoms with E-state index >= 15 is 0 Å². The summed E-state index contributed by atoms with van der Waals surface area (Å²) < 4.78 is 42.6. The number of hydrogen-bond acceptors (Lipinski definition) is 1. The summed E-state index contributed by atoms with van der Waals surface area (Å²) in [5.41, 5.74) is -0.390. The molecular formula is C9H13F3O. The predicted molar refractivity (Wildman–Crippen MR) is 41.3 cm³/mol. The maximum Gasteiger partial charge on any atom is 0.392 e. The van der Waals surface area contributed by atoms with Crippen molar-refractivity contribution in [3.8, 4) is 0 Å². The molecule has 2 fully saturated rings. The molecule has 0 amide bonds. The van der Waals surface area contributed by atoms with Crippen LogP contribution in [0.15, 0.2) is 0 Å². The molecule has 1 aliphatic heterocycles. The number of halogens is 3. The molecule has 0 aromatic carbocycles. The number of alkyl halides is 3. The van der Waals surface area contributed by atoms with Crippen molar-refractivity contribution < 1.29 is 17.9 Å². The van der Waals surface area contributed by atoms with Crippen LogP contribution in [0.25, 0.3) is 0 Å². The second kappa shape index (κ2) is 2.87. The molecule has 1 atom stereocenters. The van der Waals surface area contributed by atoms with Crippen molar-refractivity contribution in [3.05, 3.63) is 0 Å². The Morgan fingerprint density at radius 1 is 1.23 bits per heavy atom. The van der Waals surface area contributed by atoms with Crippen LogP contribution in [-0.4, -0.2) is 18.4 Å². The Bertz CT molecular complexity index is 196. The topological polar surface area (TPSA) is 9.23 Å². The van der Waals surface area contributed by atoms with Crippen LogP contribution in [0.5, 0.6) is 0 Å². The van der Waals surface area contributed by atoms with E-state index in [4.69, 9.17) is 4.74 Å². The van der Waals surface area contributed by atoms with Gasteiger partial charge in [0.2, 0.25) is 0 Å². The largest absolute Gasteiger partial charge is 0.392 e. The van der Waals surface area contributed by atoms with E-state index in [2.05, 4.69) is 0 Å². The van der Waals surface area contributed by atoms with Gasteiger partial charge >= 0.3 is 6.18 Å². The van der Waals surface area contributed by atoms with Crippen LogP contribution in [0.3, 0.4) is 0 Å². The van der Waals surface area contributed by atoms with Crippen LogP contribution in [0, 0.1) is 5.92 Å². The van der Waals surface area contributed by atoms with E-state index in [1.807, 2.05) is 0 Å². The van der Waals surface area contributed by atoms with Crippen molar-refractivity contribution in [2.24, 2.45) is 5.92 Å². The molecule has 1 saturated carbocycles. The van der Waals surface area contributed by atoms with E-state index in [-0.39, 0.29) is 19.4 Å². The standard InChI is InChI=1S/C9H13F3O/c10-9(11,12)7-2-5-13-8(6-7)3-1-4-8/h7H,1-6H2. The molecule has 1 nitrogen and oxygen atoms in total. The average Bonchev–Trinajstić information content (AvgIpc) is 2.00. The Kier molecular flexibility index (Phi) is 2.06. The lowest BCUT2D eigenvalue weighted by Gasteiger charge is -2.47. The molecule has 1 heterocycles. The van der Waals surface area contributed by atoms with Gasteiger partial charge in [-0.15, -0.1) is 0 Å². The summed E-state index contributed by atoms with van der Waals surface area (Å²) >= 11 is 0. The van der Waals surface area contributed by atoms with Crippen LogP contribution >= 0.6 is 0 Å². The van der Waals surface area contributed by atoms with Crippen LogP contribution in [0.4, 0.5) is 13.2 Å². The first kappa shape index (κ1) is 9.31. The highest BCUT2D eigenvalue weighted by Crippen LogP contribution is 2.48. The summed E-state index contributed by atoms with van der Waals surface area (Å²) in [5.74, 6) is -1.12. The highest BCUT2D eigenvalue weighted by molar-refractivity contribution is 4.95. The molecule has 1 spiro atoms. The molecule has 76 valence electrons. The zero-order valence-corrected chi connectivity index (χ0v) is 7.36. The molecule has 0 radical (unpaired) electrons. The molecule has 0 bridgehead atoms. The lowest BCUT2D eigenvalue weighted by atomic mass is 9.72. The first-order chi connectivity index (χ1) is 6.02. The third-order valence-electron chi connectivity index (χ3n) is 3.22. The van der Waals surface area contributed by atoms with Gasteiger partial charge in [-0.05, 0) is 32.1 Å². The van der Waals surface area contributed by atoms with Gasteiger partial charge in [-0.3, -0.25) is 0 Å². The van der Waals surface area contributed by atoms with E-state index in [0.29, 0.717) is 0 Å². The highest BCUT2D eigenvalue weighted by Gasteiger charge is 2.50. The summed E-state index contributed by atoms with van der Waals surface area (Å²) in [7, 11) is 0. The minimum Gasteiger partial charge on any atom is -0.375 e. The maximum atomic E-state index is 12.4.